The van der Waals surface area contributed by atoms with E-state index < -0.39 is 5.97 Å². The van der Waals surface area contributed by atoms with E-state index in [4.69, 9.17) is 15.6 Å². The molecule has 2 aromatic carbocycles. The maximum Gasteiger partial charge on any atom is 0.339 e. The van der Waals surface area contributed by atoms with Crippen molar-refractivity contribution in [3.05, 3.63) is 53.6 Å². The molecule has 0 heterocycles. The minimum absolute atomic E-state index is 0.0273. The summed E-state index contributed by atoms with van der Waals surface area (Å²) in [6.07, 6.45) is 0. The number of methoxy groups -OCH3 is 1. The lowest BCUT2D eigenvalue weighted by molar-refractivity contribution is 0.0693. The third-order valence-corrected chi connectivity index (χ3v) is 2.84. The SMILES string of the molecule is COc1cc(NC(=O)c2cccc(N)c2)ccc1C(=O)O. The first-order valence-electron chi connectivity index (χ1n) is 6.09. The lowest BCUT2D eigenvalue weighted by atomic mass is 10.1. The Kier molecular flexibility index (Phi) is 4.08. The number of hydrogen-bond acceptors (Lipinski definition) is 4. The van der Waals surface area contributed by atoms with Crippen LogP contribution in [0.15, 0.2) is 42.5 Å². The first-order chi connectivity index (χ1) is 10.0. The molecule has 0 unspecified atom stereocenters. The van der Waals surface area contributed by atoms with E-state index in [-0.39, 0.29) is 17.2 Å². The monoisotopic (exact) mass is 286 g/mol. The number of benzene rings is 2. The molecule has 0 radical (unpaired) electrons. The van der Waals surface area contributed by atoms with E-state index in [1.165, 1.54) is 25.3 Å². The fourth-order valence-corrected chi connectivity index (χ4v) is 1.83. The highest BCUT2D eigenvalue weighted by atomic mass is 16.5. The van der Waals surface area contributed by atoms with E-state index in [0.29, 0.717) is 16.9 Å². The summed E-state index contributed by atoms with van der Waals surface area (Å²) in [5.74, 6) is -1.26. The van der Waals surface area contributed by atoms with Gasteiger partial charge in [0, 0.05) is 23.0 Å². The normalized spacial score (nSPS) is 9.95. The van der Waals surface area contributed by atoms with Gasteiger partial charge in [0.15, 0.2) is 0 Å². The number of carbonyl (C=O) groups is 2. The Bertz CT molecular complexity index is 698. The largest absolute Gasteiger partial charge is 0.496 e. The smallest absolute Gasteiger partial charge is 0.339 e. The summed E-state index contributed by atoms with van der Waals surface area (Å²) in [6, 6.07) is 10.9. The molecule has 1 amide bonds. The van der Waals surface area contributed by atoms with Crippen LogP contribution < -0.4 is 15.8 Å². The number of nitrogens with one attached hydrogen (secondary N) is 1. The minimum Gasteiger partial charge on any atom is -0.496 e. The zero-order chi connectivity index (χ0) is 15.4. The van der Waals surface area contributed by atoms with Gasteiger partial charge in [0.1, 0.15) is 11.3 Å². The van der Waals surface area contributed by atoms with Gasteiger partial charge in [0.25, 0.3) is 5.91 Å². The first-order valence-corrected chi connectivity index (χ1v) is 6.09. The number of amides is 1. The molecule has 0 bridgehead atoms. The number of rotatable bonds is 4. The molecule has 0 saturated carbocycles. The number of carboxylic acid groups (broad SMARTS) is 1. The van der Waals surface area contributed by atoms with Crippen LogP contribution in [0.3, 0.4) is 0 Å². The molecule has 0 aliphatic heterocycles. The topological polar surface area (TPSA) is 102 Å². The fraction of sp³-hybridized carbons (Fsp3) is 0.0667. The van der Waals surface area contributed by atoms with Crippen LogP contribution >= 0.6 is 0 Å². The van der Waals surface area contributed by atoms with Crippen molar-refractivity contribution in [2.24, 2.45) is 0 Å². The number of hydrogen-bond donors (Lipinski definition) is 3. The molecule has 0 aromatic heterocycles. The third-order valence-electron chi connectivity index (χ3n) is 2.84. The molecule has 6 heteroatoms. The van der Waals surface area contributed by atoms with E-state index in [1.54, 1.807) is 24.3 Å². The van der Waals surface area contributed by atoms with Crippen molar-refractivity contribution in [3.63, 3.8) is 0 Å². The van der Waals surface area contributed by atoms with Crippen molar-refractivity contribution in [1.82, 2.24) is 0 Å². The molecule has 0 aliphatic rings. The van der Waals surface area contributed by atoms with Gasteiger partial charge in [-0.05, 0) is 30.3 Å². The maximum absolute atomic E-state index is 12.1. The Morgan fingerprint density at radius 1 is 1.19 bits per heavy atom. The second-order valence-corrected chi connectivity index (χ2v) is 4.30. The van der Waals surface area contributed by atoms with Crippen LogP contribution in [0.1, 0.15) is 20.7 Å². The van der Waals surface area contributed by atoms with Crippen LogP contribution in [0.4, 0.5) is 11.4 Å². The summed E-state index contributed by atoms with van der Waals surface area (Å²) in [5, 5.41) is 11.7. The average Bonchev–Trinajstić information content (AvgIpc) is 2.46. The zero-order valence-corrected chi connectivity index (χ0v) is 11.3. The van der Waals surface area contributed by atoms with E-state index in [9.17, 15) is 9.59 Å². The predicted molar refractivity (Wildman–Crippen MR) is 78.8 cm³/mol. The number of ether oxygens (including phenoxy) is 1. The van der Waals surface area contributed by atoms with E-state index in [1.807, 2.05) is 0 Å². The fourth-order valence-electron chi connectivity index (χ4n) is 1.83. The molecule has 2 aromatic rings. The number of nitrogen functional groups attached to an aromatic ring is 1. The minimum atomic E-state index is -1.10. The van der Waals surface area contributed by atoms with Crippen molar-refractivity contribution in [1.29, 1.82) is 0 Å². The Morgan fingerprint density at radius 3 is 2.57 bits per heavy atom. The van der Waals surface area contributed by atoms with Crippen LogP contribution in [0.5, 0.6) is 5.75 Å². The van der Waals surface area contributed by atoms with E-state index in [0.717, 1.165) is 0 Å². The molecule has 0 aliphatic carbocycles. The molecular formula is C15H14N2O4. The van der Waals surface area contributed by atoms with Gasteiger partial charge in [0.2, 0.25) is 0 Å². The Morgan fingerprint density at radius 2 is 1.95 bits per heavy atom. The van der Waals surface area contributed by atoms with Crippen LogP contribution in [0.2, 0.25) is 0 Å². The van der Waals surface area contributed by atoms with Gasteiger partial charge < -0.3 is 20.9 Å². The Balaban J connectivity index is 2.24. The van der Waals surface area contributed by atoms with Crippen molar-refractivity contribution in [2.45, 2.75) is 0 Å². The van der Waals surface area contributed by atoms with Crippen LogP contribution in [0.25, 0.3) is 0 Å². The molecule has 0 atom stereocenters. The number of carbonyl (C=O) groups excluding carboxylic acids is 1. The van der Waals surface area contributed by atoms with Gasteiger partial charge in [-0.2, -0.15) is 0 Å². The van der Waals surface area contributed by atoms with Gasteiger partial charge in [-0.1, -0.05) is 6.07 Å². The molecule has 6 nitrogen and oxygen atoms in total. The van der Waals surface area contributed by atoms with Crippen LogP contribution in [-0.4, -0.2) is 24.1 Å². The summed E-state index contributed by atoms with van der Waals surface area (Å²) in [7, 11) is 1.37. The standard InChI is InChI=1S/C15H14N2O4/c1-21-13-8-11(5-6-12(13)15(19)20)17-14(18)9-3-2-4-10(16)7-9/h2-8H,16H2,1H3,(H,17,18)(H,19,20). The number of anilines is 2. The average molecular weight is 286 g/mol. The zero-order valence-electron chi connectivity index (χ0n) is 11.3. The molecule has 0 fully saturated rings. The maximum atomic E-state index is 12.1. The molecular weight excluding hydrogens is 272 g/mol. The predicted octanol–water partition coefficient (Wildman–Crippen LogP) is 2.23. The highest BCUT2D eigenvalue weighted by Gasteiger charge is 2.13. The lowest BCUT2D eigenvalue weighted by Gasteiger charge is -2.09. The molecule has 108 valence electrons. The lowest BCUT2D eigenvalue weighted by Crippen LogP contribution is -2.12. The van der Waals surface area contributed by atoms with Gasteiger partial charge in [-0.3, -0.25) is 4.79 Å². The van der Waals surface area contributed by atoms with Crippen molar-refractivity contribution in [3.8, 4) is 5.75 Å². The summed E-state index contributed by atoms with van der Waals surface area (Å²) < 4.78 is 5.00. The summed E-state index contributed by atoms with van der Waals surface area (Å²) in [6.45, 7) is 0. The highest BCUT2D eigenvalue weighted by Crippen LogP contribution is 2.23. The molecule has 4 N–H and O–H groups in total. The summed E-state index contributed by atoms with van der Waals surface area (Å²) in [4.78, 5) is 23.1. The molecule has 2 rings (SSSR count). The second kappa shape index (κ2) is 5.96. The number of aromatic carboxylic acids is 1. The van der Waals surface area contributed by atoms with Gasteiger partial charge in [-0.15, -0.1) is 0 Å². The molecule has 21 heavy (non-hydrogen) atoms. The Labute approximate surface area is 121 Å². The number of carboxylic acids is 1. The van der Waals surface area contributed by atoms with Crippen molar-refractivity contribution in [2.75, 3.05) is 18.2 Å². The van der Waals surface area contributed by atoms with Gasteiger partial charge >= 0.3 is 5.97 Å². The van der Waals surface area contributed by atoms with Crippen LogP contribution in [-0.2, 0) is 0 Å². The van der Waals surface area contributed by atoms with E-state index >= 15 is 0 Å². The quantitative estimate of drug-likeness (QED) is 0.748. The van der Waals surface area contributed by atoms with Crippen molar-refractivity contribution < 1.29 is 19.4 Å². The number of nitrogens with two attached hydrogens (primary N) is 1. The molecule has 0 saturated heterocycles. The highest BCUT2D eigenvalue weighted by molar-refractivity contribution is 6.05. The van der Waals surface area contributed by atoms with Gasteiger partial charge in [-0.25, -0.2) is 4.79 Å². The first kappa shape index (κ1) is 14.4. The summed E-state index contributed by atoms with van der Waals surface area (Å²) in [5.41, 5.74) is 6.99. The van der Waals surface area contributed by atoms with E-state index in [2.05, 4.69) is 5.32 Å². The Hall–Kier alpha value is -3.02. The summed E-state index contributed by atoms with van der Waals surface area (Å²) >= 11 is 0. The van der Waals surface area contributed by atoms with Crippen molar-refractivity contribution >= 4 is 23.3 Å². The third kappa shape index (κ3) is 3.30. The van der Waals surface area contributed by atoms with Gasteiger partial charge in [0.05, 0.1) is 7.11 Å². The molecule has 0 spiro atoms. The second-order valence-electron chi connectivity index (χ2n) is 4.30. The van der Waals surface area contributed by atoms with Crippen LogP contribution in [0, 0.1) is 0 Å².